The molecule has 0 spiro atoms. The van der Waals surface area contributed by atoms with E-state index in [-0.39, 0.29) is 0 Å². The molecular weight excluding hydrogens is 198 g/mol. The Morgan fingerprint density at radius 2 is 2.06 bits per heavy atom. The molecule has 1 N–H and O–H groups in total. The minimum Gasteiger partial charge on any atom is -0.497 e. The summed E-state index contributed by atoms with van der Waals surface area (Å²) in [4.78, 5) is 0. The van der Waals surface area contributed by atoms with Crippen LogP contribution in [0.15, 0.2) is 24.3 Å². The summed E-state index contributed by atoms with van der Waals surface area (Å²) in [6, 6.07) is 8.46. The molecule has 1 unspecified atom stereocenters. The van der Waals surface area contributed by atoms with Gasteiger partial charge in [-0.05, 0) is 48.9 Å². The SMILES string of the molecule is COc1ccc(CC2(C)CCCNC2)cc1. The Kier molecular flexibility index (Phi) is 3.49. The fourth-order valence-electron chi connectivity index (χ4n) is 2.51. The first-order valence-corrected chi connectivity index (χ1v) is 6.06. The summed E-state index contributed by atoms with van der Waals surface area (Å²) in [5.41, 5.74) is 1.83. The summed E-state index contributed by atoms with van der Waals surface area (Å²) >= 11 is 0. The van der Waals surface area contributed by atoms with Crippen molar-refractivity contribution in [3.63, 3.8) is 0 Å². The van der Waals surface area contributed by atoms with E-state index in [2.05, 4.69) is 36.5 Å². The molecule has 1 heterocycles. The lowest BCUT2D eigenvalue weighted by atomic mass is 9.78. The van der Waals surface area contributed by atoms with E-state index in [1.54, 1.807) is 7.11 Å². The van der Waals surface area contributed by atoms with E-state index in [0.29, 0.717) is 5.41 Å². The predicted molar refractivity (Wildman–Crippen MR) is 66.9 cm³/mol. The van der Waals surface area contributed by atoms with Crippen molar-refractivity contribution in [2.24, 2.45) is 5.41 Å². The first-order valence-electron chi connectivity index (χ1n) is 6.06. The third kappa shape index (κ3) is 2.76. The fourth-order valence-corrected chi connectivity index (χ4v) is 2.51. The standard InChI is InChI=1S/C14H21NO/c1-14(8-3-9-15-11-14)10-12-4-6-13(16-2)7-5-12/h4-7,15H,3,8-11H2,1-2H3. The molecule has 0 radical (unpaired) electrons. The number of rotatable bonds is 3. The number of benzene rings is 1. The molecule has 0 aliphatic carbocycles. The van der Waals surface area contributed by atoms with Gasteiger partial charge < -0.3 is 10.1 Å². The van der Waals surface area contributed by atoms with Gasteiger partial charge in [-0.25, -0.2) is 0 Å². The summed E-state index contributed by atoms with van der Waals surface area (Å²) in [6.07, 6.45) is 3.78. The molecule has 0 amide bonds. The van der Waals surface area contributed by atoms with Crippen LogP contribution in [0.1, 0.15) is 25.3 Å². The van der Waals surface area contributed by atoms with E-state index in [1.165, 1.54) is 24.9 Å². The van der Waals surface area contributed by atoms with Crippen LogP contribution >= 0.6 is 0 Å². The van der Waals surface area contributed by atoms with Crippen LogP contribution in [0.5, 0.6) is 5.75 Å². The first kappa shape index (κ1) is 11.5. The molecule has 2 nitrogen and oxygen atoms in total. The second-order valence-electron chi connectivity index (χ2n) is 5.12. The van der Waals surface area contributed by atoms with Gasteiger partial charge in [-0.2, -0.15) is 0 Å². The van der Waals surface area contributed by atoms with Gasteiger partial charge in [-0.15, -0.1) is 0 Å². The normalized spacial score (nSPS) is 25.4. The van der Waals surface area contributed by atoms with Gasteiger partial charge >= 0.3 is 0 Å². The molecule has 2 rings (SSSR count). The number of piperidine rings is 1. The molecule has 1 aliphatic heterocycles. The summed E-state index contributed by atoms with van der Waals surface area (Å²) in [5, 5.41) is 3.49. The maximum Gasteiger partial charge on any atom is 0.118 e. The average molecular weight is 219 g/mol. The van der Waals surface area contributed by atoms with Crippen molar-refractivity contribution in [3.05, 3.63) is 29.8 Å². The summed E-state index contributed by atoms with van der Waals surface area (Å²) in [5.74, 6) is 0.940. The van der Waals surface area contributed by atoms with Crippen LogP contribution in [0, 0.1) is 5.41 Å². The quantitative estimate of drug-likeness (QED) is 0.843. The monoisotopic (exact) mass is 219 g/mol. The third-order valence-electron chi connectivity index (χ3n) is 3.48. The highest BCUT2D eigenvalue weighted by atomic mass is 16.5. The van der Waals surface area contributed by atoms with Gasteiger partial charge in [0.2, 0.25) is 0 Å². The molecule has 1 saturated heterocycles. The zero-order valence-electron chi connectivity index (χ0n) is 10.3. The van der Waals surface area contributed by atoms with Gasteiger partial charge in [-0.3, -0.25) is 0 Å². The van der Waals surface area contributed by atoms with Crippen LogP contribution < -0.4 is 10.1 Å². The summed E-state index contributed by atoms with van der Waals surface area (Å²) in [6.45, 7) is 4.70. The smallest absolute Gasteiger partial charge is 0.118 e. The Balaban J connectivity index is 2.01. The molecular formula is C14H21NO. The lowest BCUT2D eigenvalue weighted by Crippen LogP contribution is -2.39. The number of methoxy groups -OCH3 is 1. The van der Waals surface area contributed by atoms with Crippen LogP contribution in [-0.2, 0) is 6.42 Å². The lowest BCUT2D eigenvalue weighted by Gasteiger charge is -2.34. The third-order valence-corrected chi connectivity index (χ3v) is 3.48. The molecule has 2 heteroatoms. The van der Waals surface area contributed by atoms with Crippen molar-refractivity contribution in [2.45, 2.75) is 26.2 Å². The van der Waals surface area contributed by atoms with Gasteiger partial charge in [-0.1, -0.05) is 19.1 Å². The topological polar surface area (TPSA) is 21.3 Å². The van der Waals surface area contributed by atoms with Crippen LogP contribution in [0.25, 0.3) is 0 Å². The van der Waals surface area contributed by atoms with E-state index in [4.69, 9.17) is 4.74 Å². The minimum absolute atomic E-state index is 0.423. The maximum absolute atomic E-state index is 5.17. The fraction of sp³-hybridized carbons (Fsp3) is 0.571. The highest BCUT2D eigenvalue weighted by molar-refractivity contribution is 5.27. The zero-order valence-corrected chi connectivity index (χ0v) is 10.3. The highest BCUT2D eigenvalue weighted by Gasteiger charge is 2.26. The molecule has 1 aromatic carbocycles. The largest absolute Gasteiger partial charge is 0.497 e. The Morgan fingerprint density at radius 3 is 2.62 bits per heavy atom. The van der Waals surface area contributed by atoms with E-state index in [1.807, 2.05) is 0 Å². The van der Waals surface area contributed by atoms with Crippen LogP contribution in [0.2, 0.25) is 0 Å². The minimum atomic E-state index is 0.423. The van der Waals surface area contributed by atoms with E-state index < -0.39 is 0 Å². The first-order chi connectivity index (χ1) is 7.72. The number of hydrogen-bond donors (Lipinski definition) is 1. The zero-order chi connectivity index (χ0) is 11.4. The van der Waals surface area contributed by atoms with Crippen molar-refractivity contribution in [3.8, 4) is 5.75 Å². The van der Waals surface area contributed by atoms with Crippen molar-refractivity contribution in [1.82, 2.24) is 5.32 Å². The lowest BCUT2D eigenvalue weighted by molar-refractivity contribution is 0.234. The Hall–Kier alpha value is -1.02. The van der Waals surface area contributed by atoms with Crippen LogP contribution in [0.3, 0.4) is 0 Å². The highest BCUT2D eigenvalue weighted by Crippen LogP contribution is 2.30. The van der Waals surface area contributed by atoms with Crippen LogP contribution in [0.4, 0.5) is 0 Å². The Labute approximate surface area is 98.0 Å². The van der Waals surface area contributed by atoms with Gasteiger partial charge in [0, 0.05) is 6.54 Å². The molecule has 1 aromatic rings. The molecule has 1 aliphatic rings. The van der Waals surface area contributed by atoms with E-state index >= 15 is 0 Å². The Morgan fingerprint density at radius 1 is 1.31 bits per heavy atom. The Bertz CT molecular complexity index is 325. The van der Waals surface area contributed by atoms with Crippen molar-refractivity contribution in [2.75, 3.05) is 20.2 Å². The van der Waals surface area contributed by atoms with Gasteiger partial charge in [0.25, 0.3) is 0 Å². The molecule has 0 saturated carbocycles. The van der Waals surface area contributed by atoms with Gasteiger partial charge in [0.1, 0.15) is 5.75 Å². The molecule has 16 heavy (non-hydrogen) atoms. The van der Waals surface area contributed by atoms with Gasteiger partial charge in [0.15, 0.2) is 0 Å². The summed E-state index contributed by atoms with van der Waals surface area (Å²) < 4.78 is 5.17. The molecule has 0 bridgehead atoms. The van der Waals surface area contributed by atoms with E-state index in [9.17, 15) is 0 Å². The predicted octanol–water partition coefficient (Wildman–Crippen LogP) is 2.63. The molecule has 1 fully saturated rings. The van der Waals surface area contributed by atoms with Crippen molar-refractivity contribution < 1.29 is 4.74 Å². The second-order valence-corrected chi connectivity index (χ2v) is 5.12. The number of nitrogens with one attached hydrogen (secondary N) is 1. The van der Waals surface area contributed by atoms with Crippen LogP contribution in [-0.4, -0.2) is 20.2 Å². The molecule has 0 aromatic heterocycles. The van der Waals surface area contributed by atoms with Gasteiger partial charge in [0.05, 0.1) is 7.11 Å². The molecule has 88 valence electrons. The average Bonchev–Trinajstić information content (AvgIpc) is 2.30. The number of hydrogen-bond acceptors (Lipinski definition) is 2. The maximum atomic E-state index is 5.17. The van der Waals surface area contributed by atoms with E-state index in [0.717, 1.165) is 18.7 Å². The molecule has 1 atom stereocenters. The summed E-state index contributed by atoms with van der Waals surface area (Å²) in [7, 11) is 1.71. The second kappa shape index (κ2) is 4.88. The van der Waals surface area contributed by atoms with Crippen molar-refractivity contribution in [1.29, 1.82) is 0 Å². The van der Waals surface area contributed by atoms with Crippen molar-refractivity contribution >= 4 is 0 Å². The number of ether oxygens (including phenoxy) is 1.